The molecule has 0 aromatic carbocycles. The zero-order valence-corrected chi connectivity index (χ0v) is 31.3. The Balaban J connectivity index is 0. The van der Waals surface area contributed by atoms with E-state index in [1.54, 1.807) is 0 Å². The standard InChI is InChI=1S/C23H45NO.C19H40/c1-3-5-7-9-11-12-14-16-19-23(25)20-18-22-24-21-17-15-13-10-8-6-4-2;1-4-7-9-11-13-15-17-19(6-3)18-16-14-12-10-8-5-2/h4,24H,2-3,5-22H2,1H3;19H,4-18H2,1-3H3. The summed E-state index contributed by atoms with van der Waals surface area (Å²) in [7, 11) is 0. The van der Waals surface area contributed by atoms with E-state index in [-0.39, 0.29) is 0 Å². The summed E-state index contributed by atoms with van der Waals surface area (Å²) in [5, 5.41) is 3.48. The smallest absolute Gasteiger partial charge is 0.132 e. The van der Waals surface area contributed by atoms with Crippen molar-refractivity contribution in [1.82, 2.24) is 5.32 Å². The maximum Gasteiger partial charge on any atom is 0.132 e. The molecule has 1 N–H and O–H groups in total. The van der Waals surface area contributed by atoms with E-state index in [1.165, 1.54) is 173 Å². The molecule has 0 aromatic heterocycles. The maximum atomic E-state index is 11.8. The van der Waals surface area contributed by atoms with Crippen molar-refractivity contribution in [3.8, 4) is 0 Å². The summed E-state index contributed by atoms with van der Waals surface area (Å²) in [6, 6.07) is 0. The van der Waals surface area contributed by atoms with Crippen LogP contribution in [0.25, 0.3) is 0 Å². The molecular weight excluding hydrogens is 534 g/mol. The van der Waals surface area contributed by atoms with Crippen LogP contribution in [0.1, 0.15) is 233 Å². The number of hydrogen-bond donors (Lipinski definition) is 1. The zero-order chi connectivity index (χ0) is 32.6. The lowest BCUT2D eigenvalue weighted by Gasteiger charge is -2.14. The van der Waals surface area contributed by atoms with Gasteiger partial charge in [-0.25, -0.2) is 0 Å². The van der Waals surface area contributed by atoms with Crippen molar-refractivity contribution in [1.29, 1.82) is 0 Å². The number of carbonyl (C=O) groups excluding carboxylic acids is 1. The van der Waals surface area contributed by atoms with Crippen LogP contribution < -0.4 is 5.32 Å². The number of Topliss-reactive ketones (excluding diaryl/α,β-unsaturated/α-hetero) is 1. The van der Waals surface area contributed by atoms with E-state index in [9.17, 15) is 4.79 Å². The normalized spacial score (nSPS) is 11.1. The van der Waals surface area contributed by atoms with Crippen molar-refractivity contribution in [2.24, 2.45) is 5.92 Å². The highest BCUT2D eigenvalue weighted by molar-refractivity contribution is 5.78. The Morgan fingerprint density at radius 3 is 1.36 bits per heavy atom. The molecule has 0 atom stereocenters. The Labute approximate surface area is 280 Å². The van der Waals surface area contributed by atoms with Gasteiger partial charge < -0.3 is 5.32 Å². The molecule has 0 unspecified atom stereocenters. The monoisotopic (exact) mass is 620 g/mol. The molecular formula is C42H85NO. The second-order valence-electron chi connectivity index (χ2n) is 13.8. The SMILES string of the molecule is C=CCCCCCCCNCCCC(=O)CCCCCCCCCC.CCCCCCCCC(CC)CCCCCCCC. The van der Waals surface area contributed by atoms with Crippen LogP contribution in [-0.2, 0) is 4.79 Å². The van der Waals surface area contributed by atoms with E-state index in [0.29, 0.717) is 5.78 Å². The van der Waals surface area contributed by atoms with Crippen LogP contribution in [0, 0.1) is 5.92 Å². The van der Waals surface area contributed by atoms with Crippen LogP contribution in [0.2, 0.25) is 0 Å². The lowest BCUT2D eigenvalue weighted by Crippen LogP contribution is -2.17. The molecule has 0 bridgehead atoms. The number of hydrogen-bond acceptors (Lipinski definition) is 2. The van der Waals surface area contributed by atoms with Crippen molar-refractivity contribution >= 4 is 5.78 Å². The molecule has 0 radical (unpaired) electrons. The lowest BCUT2D eigenvalue weighted by atomic mass is 9.92. The fourth-order valence-electron chi connectivity index (χ4n) is 6.16. The molecule has 0 saturated heterocycles. The fraction of sp³-hybridized carbons (Fsp3) is 0.929. The molecule has 264 valence electrons. The Kier molecular flexibility index (Phi) is 43.8. The minimum Gasteiger partial charge on any atom is -0.317 e. The lowest BCUT2D eigenvalue weighted by molar-refractivity contribution is -0.119. The molecule has 0 spiro atoms. The third kappa shape index (κ3) is 41.4. The predicted molar refractivity (Wildman–Crippen MR) is 202 cm³/mol. The molecule has 0 aliphatic heterocycles. The first kappa shape index (κ1) is 45.5. The maximum absolute atomic E-state index is 11.8. The van der Waals surface area contributed by atoms with E-state index in [0.717, 1.165) is 51.1 Å². The number of carbonyl (C=O) groups is 1. The van der Waals surface area contributed by atoms with Crippen molar-refractivity contribution in [3.05, 3.63) is 12.7 Å². The number of rotatable bonds is 36. The zero-order valence-electron chi connectivity index (χ0n) is 31.3. The highest BCUT2D eigenvalue weighted by Gasteiger charge is 2.06. The second-order valence-corrected chi connectivity index (χ2v) is 13.8. The van der Waals surface area contributed by atoms with Crippen LogP contribution in [0.3, 0.4) is 0 Å². The highest BCUT2D eigenvalue weighted by atomic mass is 16.1. The van der Waals surface area contributed by atoms with E-state index in [4.69, 9.17) is 0 Å². The summed E-state index contributed by atoms with van der Waals surface area (Å²) in [5.41, 5.74) is 0. The summed E-state index contributed by atoms with van der Waals surface area (Å²) < 4.78 is 0. The minimum absolute atomic E-state index is 0.468. The first-order valence-corrected chi connectivity index (χ1v) is 20.5. The second kappa shape index (κ2) is 42.4. The third-order valence-electron chi connectivity index (χ3n) is 9.39. The van der Waals surface area contributed by atoms with Gasteiger partial charge in [0.1, 0.15) is 5.78 Å². The Bertz CT molecular complexity index is 514. The number of ketones is 1. The van der Waals surface area contributed by atoms with Gasteiger partial charge in [0.15, 0.2) is 0 Å². The van der Waals surface area contributed by atoms with Crippen LogP contribution in [-0.4, -0.2) is 18.9 Å². The van der Waals surface area contributed by atoms with Crippen molar-refractivity contribution < 1.29 is 4.79 Å². The molecule has 0 aliphatic rings. The molecule has 2 nitrogen and oxygen atoms in total. The molecule has 0 amide bonds. The van der Waals surface area contributed by atoms with E-state index < -0.39 is 0 Å². The first-order chi connectivity index (χ1) is 21.7. The number of nitrogens with one attached hydrogen (secondary N) is 1. The first-order valence-electron chi connectivity index (χ1n) is 20.5. The molecule has 44 heavy (non-hydrogen) atoms. The molecule has 0 saturated carbocycles. The van der Waals surface area contributed by atoms with E-state index >= 15 is 0 Å². The van der Waals surface area contributed by atoms with E-state index in [1.807, 2.05) is 6.08 Å². The van der Waals surface area contributed by atoms with Gasteiger partial charge in [-0.1, -0.05) is 194 Å². The topological polar surface area (TPSA) is 29.1 Å². The molecule has 0 aromatic rings. The van der Waals surface area contributed by atoms with Gasteiger partial charge in [0.25, 0.3) is 0 Å². The fourth-order valence-corrected chi connectivity index (χ4v) is 6.16. The Morgan fingerprint density at radius 2 is 0.886 bits per heavy atom. The van der Waals surface area contributed by atoms with Crippen molar-refractivity contribution in [2.75, 3.05) is 13.1 Å². The van der Waals surface area contributed by atoms with Gasteiger partial charge in [0, 0.05) is 12.8 Å². The Morgan fingerprint density at radius 1 is 0.500 bits per heavy atom. The molecule has 0 rings (SSSR count). The van der Waals surface area contributed by atoms with Crippen molar-refractivity contribution in [2.45, 2.75) is 233 Å². The van der Waals surface area contributed by atoms with Crippen LogP contribution in [0.4, 0.5) is 0 Å². The summed E-state index contributed by atoms with van der Waals surface area (Å²) >= 11 is 0. The van der Waals surface area contributed by atoms with Gasteiger partial charge in [-0.15, -0.1) is 6.58 Å². The van der Waals surface area contributed by atoms with Crippen LogP contribution in [0.5, 0.6) is 0 Å². The van der Waals surface area contributed by atoms with Crippen LogP contribution in [0.15, 0.2) is 12.7 Å². The minimum atomic E-state index is 0.468. The summed E-state index contributed by atoms with van der Waals surface area (Å²) in [4.78, 5) is 11.8. The molecule has 0 aliphatic carbocycles. The van der Waals surface area contributed by atoms with Gasteiger partial charge in [-0.3, -0.25) is 4.79 Å². The number of unbranched alkanes of at least 4 members (excludes halogenated alkanes) is 22. The largest absolute Gasteiger partial charge is 0.317 e. The molecule has 2 heteroatoms. The Hall–Kier alpha value is -0.630. The van der Waals surface area contributed by atoms with Gasteiger partial charge in [0.05, 0.1) is 0 Å². The summed E-state index contributed by atoms with van der Waals surface area (Å²) in [5.74, 6) is 1.49. The van der Waals surface area contributed by atoms with Crippen LogP contribution >= 0.6 is 0 Å². The average molecular weight is 620 g/mol. The predicted octanol–water partition coefficient (Wildman–Crippen LogP) is 14.5. The average Bonchev–Trinajstić information content (AvgIpc) is 3.03. The highest BCUT2D eigenvalue weighted by Crippen LogP contribution is 2.21. The van der Waals surface area contributed by atoms with Gasteiger partial charge in [-0.2, -0.15) is 0 Å². The van der Waals surface area contributed by atoms with Gasteiger partial charge >= 0.3 is 0 Å². The van der Waals surface area contributed by atoms with Gasteiger partial charge in [-0.05, 0) is 51.1 Å². The summed E-state index contributed by atoms with van der Waals surface area (Å²) in [6.45, 7) is 15.1. The van der Waals surface area contributed by atoms with Gasteiger partial charge in [0.2, 0.25) is 0 Å². The molecule has 0 heterocycles. The quantitative estimate of drug-likeness (QED) is 0.0558. The number of allylic oxidation sites excluding steroid dienone is 1. The molecule has 0 fully saturated rings. The van der Waals surface area contributed by atoms with E-state index in [2.05, 4.69) is 39.6 Å². The van der Waals surface area contributed by atoms with Crippen molar-refractivity contribution in [3.63, 3.8) is 0 Å². The summed E-state index contributed by atoms with van der Waals surface area (Å²) in [6.07, 6.45) is 44.6. The third-order valence-corrected chi connectivity index (χ3v) is 9.39.